The highest BCUT2D eigenvalue weighted by atomic mass is 16.5. The normalized spacial score (nSPS) is 10.7. The van der Waals surface area contributed by atoms with Gasteiger partial charge in [0.15, 0.2) is 5.69 Å². The number of H-pyrrole nitrogens is 1. The minimum atomic E-state index is -0.758. The Morgan fingerprint density at radius 3 is 2.82 bits per heavy atom. The number of anilines is 1. The van der Waals surface area contributed by atoms with Crippen molar-refractivity contribution in [1.29, 1.82) is 0 Å². The molecule has 92 valence electrons. The zero-order valence-corrected chi connectivity index (χ0v) is 9.39. The second kappa shape index (κ2) is 5.10. The van der Waals surface area contributed by atoms with Crippen LogP contribution in [0.15, 0.2) is 14.6 Å². The summed E-state index contributed by atoms with van der Waals surface area (Å²) in [6.45, 7) is 1.84. The molecule has 1 aromatic heterocycles. The summed E-state index contributed by atoms with van der Waals surface area (Å²) in [5.41, 5.74) is 3.90. The molecular formula is C9H12N4O4. The van der Waals surface area contributed by atoms with E-state index in [0.29, 0.717) is 0 Å². The first kappa shape index (κ1) is 12.7. The van der Waals surface area contributed by atoms with Gasteiger partial charge in [-0.3, -0.25) is 14.3 Å². The van der Waals surface area contributed by atoms with Crippen molar-refractivity contribution in [3.8, 4) is 0 Å². The average Bonchev–Trinajstić information content (AvgIpc) is 2.26. The van der Waals surface area contributed by atoms with Crippen LogP contribution in [0.3, 0.4) is 0 Å². The van der Waals surface area contributed by atoms with E-state index < -0.39 is 17.2 Å². The topological polar surface area (TPSA) is 120 Å². The van der Waals surface area contributed by atoms with Gasteiger partial charge in [-0.15, -0.1) is 0 Å². The molecule has 0 aliphatic heterocycles. The van der Waals surface area contributed by atoms with E-state index in [0.717, 1.165) is 10.8 Å². The maximum atomic E-state index is 11.4. The Balaban J connectivity index is 3.16. The molecule has 0 aliphatic rings. The fourth-order valence-electron chi connectivity index (χ4n) is 1.05. The largest absolute Gasteiger partial charge is 0.462 e. The van der Waals surface area contributed by atoms with Crippen molar-refractivity contribution in [3.05, 3.63) is 20.8 Å². The van der Waals surface area contributed by atoms with Gasteiger partial charge in [0.25, 0.3) is 5.56 Å². The fourth-order valence-corrected chi connectivity index (χ4v) is 1.05. The van der Waals surface area contributed by atoms with E-state index in [2.05, 4.69) is 9.73 Å². The SMILES string of the molecule is CCOC(=O)C=Nc1c(N)n(C)c(=O)[nH]c1=O. The summed E-state index contributed by atoms with van der Waals surface area (Å²) in [4.78, 5) is 39.1. The van der Waals surface area contributed by atoms with Crippen LogP contribution < -0.4 is 17.0 Å². The van der Waals surface area contributed by atoms with Gasteiger partial charge in [-0.1, -0.05) is 0 Å². The number of carbonyl (C=O) groups is 1. The van der Waals surface area contributed by atoms with Gasteiger partial charge in [-0.25, -0.2) is 14.6 Å². The van der Waals surface area contributed by atoms with Crippen LogP contribution in [-0.4, -0.2) is 28.3 Å². The maximum Gasteiger partial charge on any atom is 0.349 e. The van der Waals surface area contributed by atoms with Gasteiger partial charge in [0, 0.05) is 7.05 Å². The van der Waals surface area contributed by atoms with Crippen LogP contribution in [-0.2, 0) is 16.6 Å². The van der Waals surface area contributed by atoms with Crippen molar-refractivity contribution in [2.75, 3.05) is 12.3 Å². The quantitative estimate of drug-likeness (QED) is 0.514. The molecule has 0 bridgehead atoms. The third-order valence-corrected chi connectivity index (χ3v) is 1.93. The Morgan fingerprint density at radius 1 is 1.59 bits per heavy atom. The molecule has 0 spiro atoms. The van der Waals surface area contributed by atoms with Crippen LogP contribution in [0, 0.1) is 0 Å². The summed E-state index contributed by atoms with van der Waals surface area (Å²) < 4.78 is 5.60. The van der Waals surface area contributed by atoms with Crippen molar-refractivity contribution in [2.45, 2.75) is 6.92 Å². The first-order valence-corrected chi connectivity index (χ1v) is 4.77. The van der Waals surface area contributed by atoms with E-state index in [4.69, 9.17) is 5.73 Å². The number of nitrogen functional groups attached to an aromatic ring is 1. The van der Waals surface area contributed by atoms with Crippen molar-refractivity contribution >= 4 is 23.7 Å². The molecule has 1 heterocycles. The number of carbonyl (C=O) groups excluding carboxylic acids is 1. The monoisotopic (exact) mass is 240 g/mol. The van der Waals surface area contributed by atoms with Crippen LogP contribution in [0.4, 0.5) is 11.5 Å². The van der Waals surface area contributed by atoms with Gasteiger partial charge in [0.1, 0.15) is 12.0 Å². The number of nitrogens with one attached hydrogen (secondary N) is 1. The number of rotatable bonds is 3. The van der Waals surface area contributed by atoms with Crippen LogP contribution in [0.25, 0.3) is 0 Å². The van der Waals surface area contributed by atoms with E-state index in [1.54, 1.807) is 6.92 Å². The van der Waals surface area contributed by atoms with E-state index in [1.807, 2.05) is 4.98 Å². The lowest BCUT2D eigenvalue weighted by Crippen LogP contribution is -2.30. The Hall–Kier alpha value is -2.38. The molecule has 0 aliphatic carbocycles. The van der Waals surface area contributed by atoms with Crippen LogP contribution in [0.2, 0.25) is 0 Å². The number of ether oxygens (including phenoxy) is 1. The summed E-state index contributed by atoms with van der Waals surface area (Å²) in [6.07, 6.45) is 0.828. The number of aromatic nitrogens is 2. The molecule has 0 saturated heterocycles. The molecule has 0 atom stereocenters. The lowest BCUT2D eigenvalue weighted by Gasteiger charge is -2.03. The lowest BCUT2D eigenvalue weighted by atomic mass is 10.4. The summed E-state index contributed by atoms with van der Waals surface area (Å²) in [5, 5.41) is 0. The Bertz CT molecular complexity index is 569. The molecule has 3 N–H and O–H groups in total. The third-order valence-electron chi connectivity index (χ3n) is 1.93. The molecule has 8 nitrogen and oxygen atoms in total. The Kier molecular flexibility index (Phi) is 3.81. The zero-order chi connectivity index (χ0) is 13.0. The van der Waals surface area contributed by atoms with E-state index in [9.17, 15) is 14.4 Å². The second-order valence-corrected chi connectivity index (χ2v) is 3.06. The lowest BCUT2D eigenvalue weighted by molar-refractivity contribution is -0.134. The summed E-state index contributed by atoms with van der Waals surface area (Å²) in [5.74, 6) is -0.820. The third kappa shape index (κ3) is 2.80. The number of esters is 1. The number of nitrogens with zero attached hydrogens (tertiary/aromatic N) is 2. The van der Waals surface area contributed by atoms with E-state index in [-0.39, 0.29) is 18.1 Å². The van der Waals surface area contributed by atoms with Crippen LogP contribution in [0.1, 0.15) is 6.92 Å². The molecule has 17 heavy (non-hydrogen) atoms. The van der Waals surface area contributed by atoms with Crippen molar-refractivity contribution in [1.82, 2.24) is 9.55 Å². The van der Waals surface area contributed by atoms with Gasteiger partial charge in [0.2, 0.25) is 0 Å². The van der Waals surface area contributed by atoms with Gasteiger partial charge in [-0.2, -0.15) is 0 Å². The molecular weight excluding hydrogens is 228 g/mol. The van der Waals surface area contributed by atoms with Crippen molar-refractivity contribution in [2.24, 2.45) is 12.0 Å². The summed E-state index contributed by atoms with van der Waals surface area (Å²) >= 11 is 0. The molecule has 1 aromatic rings. The van der Waals surface area contributed by atoms with Gasteiger partial charge < -0.3 is 10.5 Å². The molecule has 0 amide bonds. The zero-order valence-electron chi connectivity index (χ0n) is 9.39. The molecule has 0 unspecified atom stereocenters. The highest BCUT2D eigenvalue weighted by molar-refractivity contribution is 6.23. The van der Waals surface area contributed by atoms with Crippen LogP contribution >= 0.6 is 0 Å². The number of aliphatic imine (C=N–C) groups is 1. The Morgan fingerprint density at radius 2 is 2.24 bits per heavy atom. The van der Waals surface area contributed by atoms with Gasteiger partial charge >= 0.3 is 11.7 Å². The molecule has 1 rings (SSSR count). The highest BCUT2D eigenvalue weighted by Gasteiger charge is 2.08. The van der Waals surface area contributed by atoms with Crippen molar-refractivity contribution < 1.29 is 9.53 Å². The number of aromatic amines is 1. The minimum absolute atomic E-state index is 0.126. The molecule has 0 radical (unpaired) electrons. The Labute approximate surface area is 95.7 Å². The second-order valence-electron chi connectivity index (χ2n) is 3.06. The van der Waals surface area contributed by atoms with Gasteiger partial charge in [0.05, 0.1) is 6.61 Å². The molecule has 0 aromatic carbocycles. The fraction of sp³-hybridized carbons (Fsp3) is 0.333. The van der Waals surface area contributed by atoms with Crippen molar-refractivity contribution in [3.63, 3.8) is 0 Å². The molecule has 8 heteroatoms. The number of nitrogens with two attached hydrogens (primary N) is 1. The number of hydrogen-bond donors (Lipinski definition) is 2. The highest BCUT2D eigenvalue weighted by Crippen LogP contribution is 2.11. The van der Waals surface area contributed by atoms with E-state index >= 15 is 0 Å². The first-order chi connectivity index (χ1) is 7.97. The predicted molar refractivity (Wildman–Crippen MR) is 61.5 cm³/mol. The number of hydrogen-bond acceptors (Lipinski definition) is 6. The van der Waals surface area contributed by atoms with E-state index in [1.165, 1.54) is 7.05 Å². The summed E-state index contributed by atoms with van der Waals surface area (Å²) in [7, 11) is 1.37. The minimum Gasteiger partial charge on any atom is -0.462 e. The maximum absolute atomic E-state index is 11.4. The predicted octanol–water partition coefficient (Wildman–Crippen LogP) is -1.08. The summed E-state index contributed by atoms with van der Waals surface area (Å²) in [6, 6.07) is 0. The molecule has 0 fully saturated rings. The van der Waals surface area contributed by atoms with Gasteiger partial charge in [-0.05, 0) is 6.92 Å². The smallest absolute Gasteiger partial charge is 0.349 e. The first-order valence-electron chi connectivity index (χ1n) is 4.77. The van der Waals surface area contributed by atoms with Crippen LogP contribution in [0.5, 0.6) is 0 Å². The average molecular weight is 240 g/mol. The standard InChI is InChI=1S/C9H12N4O4/c1-3-17-5(14)4-11-6-7(10)13(2)9(16)12-8(6)15/h4H,3,10H2,1-2H3,(H,12,15,16). The molecule has 0 saturated carbocycles.